The number of nitrogens with one attached hydrogen (secondary N) is 1. The lowest BCUT2D eigenvalue weighted by Gasteiger charge is -2.10. The van der Waals surface area contributed by atoms with Crippen LogP contribution in [0.5, 0.6) is 0 Å². The fourth-order valence-electron chi connectivity index (χ4n) is 3.05. The number of halogens is 4. The third kappa shape index (κ3) is 4.46. The fraction of sp³-hybridized carbons (Fsp3) is 0.0435. The summed E-state index contributed by atoms with van der Waals surface area (Å²) in [5, 5.41) is 6.76. The summed E-state index contributed by atoms with van der Waals surface area (Å²) in [5.74, 6) is -0.326. The van der Waals surface area contributed by atoms with Crippen molar-refractivity contribution in [2.45, 2.75) is 6.18 Å². The molecule has 0 saturated carbocycles. The molecule has 0 aliphatic heterocycles. The van der Waals surface area contributed by atoms with Gasteiger partial charge in [-0.1, -0.05) is 54.1 Å². The summed E-state index contributed by atoms with van der Waals surface area (Å²) in [5.41, 5.74) is 0.958. The Kier molecular flexibility index (Phi) is 5.52. The number of benzene rings is 3. The molecule has 0 aliphatic carbocycles. The van der Waals surface area contributed by atoms with Crippen LogP contribution in [0.2, 0.25) is 5.02 Å². The predicted molar refractivity (Wildman–Crippen MR) is 113 cm³/mol. The lowest BCUT2D eigenvalue weighted by Crippen LogP contribution is -2.11. The average Bonchev–Trinajstić information content (AvgIpc) is 3.21. The number of nitrogens with zero attached hydrogens (tertiary/aromatic N) is 2. The van der Waals surface area contributed by atoms with Gasteiger partial charge in [0.15, 0.2) is 5.69 Å². The highest BCUT2D eigenvalue weighted by Gasteiger charge is 2.35. The molecule has 4 rings (SSSR count). The van der Waals surface area contributed by atoms with E-state index in [0.717, 1.165) is 10.7 Å². The van der Waals surface area contributed by atoms with Crippen LogP contribution in [0.15, 0.2) is 84.9 Å². The van der Waals surface area contributed by atoms with Crippen LogP contribution >= 0.6 is 11.6 Å². The van der Waals surface area contributed by atoms with Gasteiger partial charge < -0.3 is 5.32 Å². The van der Waals surface area contributed by atoms with Crippen molar-refractivity contribution in [3.05, 3.63) is 101 Å². The van der Waals surface area contributed by atoms with Crippen LogP contribution in [0.25, 0.3) is 16.9 Å². The Hall–Kier alpha value is -3.58. The maximum atomic E-state index is 13.3. The SMILES string of the molecule is O=C(Nc1ccccc1)c1ccc(-c2cc(C(F)(F)F)nn2-c2ccccc2Cl)cc1. The first-order chi connectivity index (χ1) is 14.8. The Labute approximate surface area is 180 Å². The van der Waals surface area contributed by atoms with E-state index in [1.165, 1.54) is 0 Å². The van der Waals surface area contributed by atoms with Crippen molar-refractivity contribution in [3.8, 4) is 16.9 Å². The number of carbonyl (C=O) groups is 1. The molecule has 3 aromatic carbocycles. The molecule has 1 amide bonds. The second-order valence-electron chi connectivity index (χ2n) is 6.67. The van der Waals surface area contributed by atoms with Gasteiger partial charge in [0.1, 0.15) is 0 Å². The van der Waals surface area contributed by atoms with Gasteiger partial charge in [-0.25, -0.2) is 4.68 Å². The van der Waals surface area contributed by atoms with Gasteiger partial charge in [0.05, 0.1) is 16.4 Å². The molecule has 0 bridgehead atoms. The van der Waals surface area contributed by atoms with E-state index >= 15 is 0 Å². The number of anilines is 1. The first-order valence-corrected chi connectivity index (χ1v) is 9.60. The highest BCUT2D eigenvalue weighted by atomic mass is 35.5. The Balaban J connectivity index is 1.70. The number of carbonyl (C=O) groups excluding carboxylic acids is 1. The average molecular weight is 442 g/mol. The number of hydrogen-bond acceptors (Lipinski definition) is 2. The molecule has 31 heavy (non-hydrogen) atoms. The molecule has 4 nitrogen and oxygen atoms in total. The zero-order chi connectivity index (χ0) is 22.0. The summed E-state index contributed by atoms with van der Waals surface area (Å²) in [6.07, 6.45) is -4.61. The van der Waals surface area contributed by atoms with Crippen molar-refractivity contribution in [3.63, 3.8) is 0 Å². The minimum absolute atomic E-state index is 0.204. The van der Waals surface area contributed by atoms with Crippen LogP contribution in [0.3, 0.4) is 0 Å². The van der Waals surface area contributed by atoms with Crippen LogP contribution in [-0.2, 0) is 6.18 Å². The van der Waals surface area contributed by atoms with Gasteiger partial charge in [-0.3, -0.25) is 4.79 Å². The summed E-state index contributed by atoms with van der Waals surface area (Å²) < 4.78 is 41.1. The summed E-state index contributed by atoms with van der Waals surface area (Å²) in [4.78, 5) is 12.4. The molecule has 0 aliphatic rings. The van der Waals surface area contributed by atoms with Gasteiger partial charge in [-0.05, 0) is 42.5 Å². The molecule has 1 heterocycles. The van der Waals surface area contributed by atoms with Crippen LogP contribution in [-0.4, -0.2) is 15.7 Å². The van der Waals surface area contributed by atoms with Crippen molar-refractivity contribution < 1.29 is 18.0 Å². The quantitative estimate of drug-likeness (QED) is 0.395. The summed E-state index contributed by atoms with van der Waals surface area (Å²) in [7, 11) is 0. The van der Waals surface area contributed by atoms with E-state index in [0.29, 0.717) is 22.5 Å². The van der Waals surface area contributed by atoms with E-state index in [2.05, 4.69) is 10.4 Å². The van der Waals surface area contributed by atoms with E-state index in [-0.39, 0.29) is 16.6 Å². The Morgan fingerprint density at radius 2 is 1.55 bits per heavy atom. The highest BCUT2D eigenvalue weighted by molar-refractivity contribution is 6.32. The largest absolute Gasteiger partial charge is 0.435 e. The Morgan fingerprint density at radius 1 is 0.903 bits per heavy atom. The van der Waals surface area contributed by atoms with E-state index in [9.17, 15) is 18.0 Å². The smallest absolute Gasteiger partial charge is 0.322 e. The van der Waals surface area contributed by atoms with Gasteiger partial charge >= 0.3 is 6.18 Å². The maximum absolute atomic E-state index is 13.3. The van der Waals surface area contributed by atoms with E-state index in [1.807, 2.05) is 6.07 Å². The standard InChI is InChI=1S/C23H15ClF3N3O/c24-18-8-4-5-9-19(18)30-20(14-21(29-30)23(25,26)27)15-10-12-16(13-11-15)22(31)28-17-6-2-1-3-7-17/h1-14H,(H,28,31). The minimum Gasteiger partial charge on any atom is -0.322 e. The maximum Gasteiger partial charge on any atom is 0.435 e. The van der Waals surface area contributed by atoms with Crippen LogP contribution in [0.4, 0.5) is 18.9 Å². The van der Waals surface area contributed by atoms with Crippen molar-refractivity contribution in [1.29, 1.82) is 0 Å². The zero-order valence-electron chi connectivity index (χ0n) is 15.9. The highest BCUT2D eigenvalue weighted by Crippen LogP contribution is 2.34. The summed E-state index contributed by atoms with van der Waals surface area (Å²) in [6, 6.07) is 22.7. The van der Waals surface area contributed by atoms with Crippen molar-refractivity contribution in [1.82, 2.24) is 9.78 Å². The normalized spacial score (nSPS) is 11.4. The second-order valence-corrected chi connectivity index (χ2v) is 7.08. The Morgan fingerprint density at radius 3 is 2.19 bits per heavy atom. The first-order valence-electron chi connectivity index (χ1n) is 9.22. The van der Waals surface area contributed by atoms with E-state index in [1.54, 1.807) is 72.8 Å². The lowest BCUT2D eigenvalue weighted by atomic mass is 10.1. The number of amides is 1. The van der Waals surface area contributed by atoms with Gasteiger partial charge in [0.25, 0.3) is 5.91 Å². The third-order valence-electron chi connectivity index (χ3n) is 4.55. The molecule has 0 atom stereocenters. The molecular weight excluding hydrogens is 427 g/mol. The molecule has 4 aromatic rings. The Bertz CT molecular complexity index is 1220. The van der Waals surface area contributed by atoms with Crippen molar-refractivity contribution in [2.75, 3.05) is 5.32 Å². The molecule has 0 fully saturated rings. The number of hydrogen-bond donors (Lipinski definition) is 1. The first kappa shape index (κ1) is 20.7. The van der Waals surface area contributed by atoms with Gasteiger partial charge in [-0.2, -0.15) is 18.3 Å². The molecule has 0 spiro atoms. The molecule has 0 radical (unpaired) electrons. The molecule has 0 unspecified atom stereocenters. The number of rotatable bonds is 4. The third-order valence-corrected chi connectivity index (χ3v) is 4.87. The summed E-state index contributed by atoms with van der Waals surface area (Å²) >= 11 is 6.19. The van der Waals surface area contributed by atoms with Crippen LogP contribution in [0, 0.1) is 0 Å². The van der Waals surface area contributed by atoms with E-state index in [4.69, 9.17) is 11.6 Å². The van der Waals surface area contributed by atoms with E-state index < -0.39 is 11.9 Å². The fourth-order valence-corrected chi connectivity index (χ4v) is 3.27. The van der Waals surface area contributed by atoms with Crippen molar-refractivity contribution in [2.24, 2.45) is 0 Å². The molecule has 156 valence electrons. The monoisotopic (exact) mass is 441 g/mol. The molecule has 1 aromatic heterocycles. The molecule has 1 N–H and O–H groups in total. The topological polar surface area (TPSA) is 46.9 Å². The van der Waals surface area contributed by atoms with Gasteiger partial charge in [0.2, 0.25) is 0 Å². The number of aromatic nitrogens is 2. The molecular formula is C23H15ClF3N3O. The van der Waals surface area contributed by atoms with Crippen molar-refractivity contribution >= 4 is 23.2 Å². The second kappa shape index (κ2) is 8.28. The van der Waals surface area contributed by atoms with Gasteiger partial charge in [0, 0.05) is 16.8 Å². The number of para-hydroxylation sites is 2. The zero-order valence-corrected chi connectivity index (χ0v) is 16.7. The summed E-state index contributed by atoms with van der Waals surface area (Å²) in [6.45, 7) is 0. The molecule has 8 heteroatoms. The predicted octanol–water partition coefficient (Wildman–Crippen LogP) is 6.46. The lowest BCUT2D eigenvalue weighted by molar-refractivity contribution is -0.141. The van der Waals surface area contributed by atoms with Gasteiger partial charge in [-0.15, -0.1) is 0 Å². The number of alkyl halides is 3. The van der Waals surface area contributed by atoms with Crippen LogP contribution in [0.1, 0.15) is 16.1 Å². The van der Waals surface area contributed by atoms with Crippen LogP contribution < -0.4 is 5.32 Å². The minimum atomic E-state index is -4.61. The molecule has 0 saturated heterocycles.